The van der Waals surface area contributed by atoms with Gasteiger partial charge in [-0.25, -0.2) is 4.39 Å². The van der Waals surface area contributed by atoms with Crippen molar-refractivity contribution in [2.24, 2.45) is 34.5 Å². The van der Waals surface area contributed by atoms with Gasteiger partial charge in [-0.15, -0.1) is 0 Å². The lowest BCUT2D eigenvalue weighted by atomic mass is 9.45. The van der Waals surface area contributed by atoms with Crippen LogP contribution in [-0.4, -0.2) is 84.7 Å². The van der Waals surface area contributed by atoms with Gasteiger partial charge in [-0.1, -0.05) is 166 Å². The Morgan fingerprint density at radius 3 is 1.81 bits per heavy atom. The normalized spacial score (nSPS) is 28.5. The molecule has 11 nitrogen and oxygen atoms in total. The summed E-state index contributed by atoms with van der Waals surface area (Å²) in [6.07, 6.45) is 43.7. The maximum atomic E-state index is 17.6. The first-order valence-corrected chi connectivity index (χ1v) is 31.6. The molecule has 1 N–H and O–H groups in total. The first-order valence-electron chi connectivity index (χ1n) is 31.6. The van der Waals surface area contributed by atoms with E-state index in [0.717, 1.165) is 82.6 Å². The van der Waals surface area contributed by atoms with Crippen molar-refractivity contribution in [1.29, 1.82) is 0 Å². The number of carbonyl (C=O) groups excluding carboxylic acids is 5. The Labute approximate surface area is 470 Å². The number of unbranched alkanes of at least 4 members (excludes halogenated alkanes) is 22. The second kappa shape index (κ2) is 34.7. The molecule has 0 aromatic carbocycles. The lowest BCUT2D eigenvalue weighted by molar-refractivity contribution is -0.196. The standard InChI is InChI=1S/C66H105FO11/c1-6-8-10-12-14-16-18-20-22-24-26-28-30-32-34-36-59(71)74-47-53(77-61(73)37-35-33-31-29-27-25-23-21-19-17-15-13-11-9-7-2)48-76-63-57(78-63)40-41-60(72)75-49-56(69)62-50(3)44-55-54-39-38-51-45-52(68)42-43-65(51,5)66(54,67)58(70)46-64(55,62)4/h20-23,42-43,45,50,53-55,57-58,62-63,70H,6-19,24-41,44,46-49H2,1-5H3/b22-20-,23-21-/t50-,53?,54?,55?,57?,58?,62?,63?,64?,65?,66+/m1/s1. The maximum absolute atomic E-state index is 17.6. The second-order valence-electron chi connectivity index (χ2n) is 24.5. The van der Waals surface area contributed by atoms with Gasteiger partial charge in [-0.2, -0.15) is 0 Å². The van der Waals surface area contributed by atoms with E-state index in [9.17, 15) is 29.1 Å². The molecule has 5 aliphatic rings. The third-order valence-electron chi connectivity index (χ3n) is 18.3. The number of halogens is 1. The van der Waals surface area contributed by atoms with Crippen molar-refractivity contribution in [3.05, 3.63) is 48.1 Å². The van der Waals surface area contributed by atoms with Gasteiger partial charge in [0.05, 0.1) is 12.7 Å². The molecular weight excluding hydrogens is 988 g/mol. The fourth-order valence-corrected chi connectivity index (χ4v) is 13.8. The topological polar surface area (TPSA) is 155 Å². The zero-order chi connectivity index (χ0) is 56.2. The van der Waals surface area contributed by atoms with Crippen LogP contribution in [0.1, 0.15) is 253 Å². The van der Waals surface area contributed by atoms with Crippen LogP contribution in [0.2, 0.25) is 0 Å². The number of Topliss-reactive ketones (excluding diaryl/α,β-unsaturated/α-hetero) is 1. The molecule has 4 fully saturated rings. The van der Waals surface area contributed by atoms with Crippen molar-refractivity contribution in [3.63, 3.8) is 0 Å². The molecule has 3 saturated carbocycles. The number of alkyl halides is 1. The molecule has 78 heavy (non-hydrogen) atoms. The van der Waals surface area contributed by atoms with E-state index in [2.05, 4.69) is 38.2 Å². The summed E-state index contributed by atoms with van der Waals surface area (Å²) in [6.45, 7) is 9.71. The van der Waals surface area contributed by atoms with Crippen LogP contribution >= 0.6 is 0 Å². The molecule has 1 aliphatic heterocycles. The van der Waals surface area contributed by atoms with E-state index in [1.165, 1.54) is 102 Å². The highest BCUT2D eigenvalue weighted by molar-refractivity contribution is 6.01. The number of aliphatic hydroxyl groups excluding tert-OH is 1. The lowest BCUT2D eigenvalue weighted by Crippen LogP contribution is -2.66. The molecule has 11 atom stereocenters. The number of ketones is 2. The Morgan fingerprint density at radius 1 is 0.705 bits per heavy atom. The van der Waals surface area contributed by atoms with Crippen molar-refractivity contribution in [2.75, 3.05) is 19.8 Å². The predicted molar refractivity (Wildman–Crippen MR) is 306 cm³/mol. The van der Waals surface area contributed by atoms with Crippen LogP contribution in [-0.2, 0) is 47.7 Å². The summed E-state index contributed by atoms with van der Waals surface area (Å²) >= 11 is 0. The van der Waals surface area contributed by atoms with Crippen molar-refractivity contribution in [1.82, 2.24) is 0 Å². The van der Waals surface area contributed by atoms with E-state index in [1.54, 1.807) is 13.0 Å². The summed E-state index contributed by atoms with van der Waals surface area (Å²) < 4.78 is 46.2. The first-order chi connectivity index (χ1) is 37.7. The lowest BCUT2D eigenvalue weighted by Gasteiger charge is -2.61. The zero-order valence-corrected chi connectivity index (χ0v) is 49.2. The molecule has 4 aliphatic carbocycles. The van der Waals surface area contributed by atoms with Gasteiger partial charge in [0.25, 0.3) is 0 Å². The number of epoxide rings is 1. The van der Waals surface area contributed by atoms with E-state index in [1.807, 2.05) is 13.8 Å². The number of carbonyl (C=O) groups is 5. The average Bonchev–Trinajstić information content (AvgIpc) is 3.50. The van der Waals surface area contributed by atoms with Gasteiger partial charge in [0, 0.05) is 36.5 Å². The molecule has 0 radical (unpaired) electrons. The summed E-state index contributed by atoms with van der Waals surface area (Å²) in [5, 5.41) is 11.7. The molecule has 0 bridgehead atoms. The van der Waals surface area contributed by atoms with Crippen LogP contribution in [0.25, 0.3) is 0 Å². The SMILES string of the molecule is CCCCCCCC/C=C\CCCCCCCC(=O)OCC(COC1OC1CCC(=O)OCC(=O)C1[C@H](C)CC2C3CCC4=CC(=O)C=CC4(C)[C@@]3(F)C(O)CC21C)OC(=O)CCCCCCC/C=C\CCCCCCCC. The summed E-state index contributed by atoms with van der Waals surface area (Å²) in [6, 6.07) is 0. The van der Waals surface area contributed by atoms with Gasteiger partial charge >= 0.3 is 17.9 Å². The highest BCUT2D eigenvalue weighted by Gasteiger charge is 2.71. The third kappa shape index (κ3) is 20.2. The maximum Gasteiger partial charge on any atom is 0.306 e. The van der Waals surface area contributed by atoms with Crippen LogP contribution < -0.4 is 0 Å². The Bertz CT molecular complexity index is 1960. The monoisotopic (exact) mass is 1090 g/mol. The minimum absolute atomic E-state index is 0.00409. The van der Waals surface area contributed by atoms with Crippen LogP contribution in [0.3, 0.4) is 0 Å². The molecule has 12 heteroatoms. The van der Waals surface area contributed by atoms with Crippen molar-refractivity contribution >= 4 is 29.5 Å². The Hall–Kier alpha value is -3.48. The van der Waals surface area contributed by atoms with Crippen LogP contribution in [0.15, 0.2) is 48.1 Å². The minimum atomic E-state index is -1.97. The van der Waals surface area contributed by atoms with Crippen molar-refractivity contribution < 1.29 is 57.2 Å². The molecule has 442 valence electrons. The Morgan fingerprint density at radius 2 is 1.23 bits per heavy atom. The minimum Gasteiger partial charge on any atom is -0.462 e. The van der Waals surface area contributed by atoms with Gasteiger partial charge in [0.15, 0.2) is 29.6 Å². The number of ether oxygens (including phenoxy) is 5. The number of fused-ring (bicyclic) bond motifs is 5. The van der Waals surface area contributed by atoms with E-state index in [0.29, 0.717) is 32.1 Å². The molecular formula is C66H105FO11. The Kier molecular flexibility index (Phi) is 29.1. The van der Waals surface area contributed by atoms with Gasteiger partial charge in [-0.05, 0) is 133 Å². The molecule has 0 aromatic rings. The number of rotatable bonds is 42. The number of hydrogen-bond donors (Lipinski definition) is 1. The number of allylic oxidation sites excluding steroid dienone is 8. The molecule has 1 heterocycles. The predicted octanol–water partition coefficient (Wildman–Crippen LogP) is 15.4. The highest BCUT2D eigenvalue weighted by atomic mass is 19.1. The molecule has 9 unspecified atom stereocenters. The molecule has 0 aromatic heterocycles. The van der Waals surface area contributed by atoms with Gasteiger partial charge < -0.3 is 28.8 Å². The van der Waals surface area contributed by atoms with E-state index < -0.39 is 65.5 Å². The van der Waals surface area contributed by atoms with Crippen molar-refractivity contribution in [3.8, 4) is 0 Å². The highest BCUT2D eigenvalue weighted by Crippen LogP contribution is 2.69. The number of aliphatic hydroxyl groups is 1. The fraction of sp³-hybridized carbons (Fsp3) is 0.803. The zero-order valence-electron chi connectivity index (χ0n) is 49.2. The summed E-state index contributed by atoms with van der Waals surface area (Å²) in [4.78, 5) is 65.0. The largest absolute Gasteiger partial charge is 0.462 e. The van der Waals surface area contributed by atoms with Gasteiger partial charge in [0.2, 0.25) is 0 Å². The third-order valence-corrected chi connectivity index (χ3v) is 18.3. The van der Waals surface area contributed by atoms with Crippen LogP contribution in [0, 0.1) is 34.5 Å². The summed E-state index contributed by atoms with van der Waals surface area (Å²) in [7, 11) is 0. The fourth-order valence-electron chi connectivity index (χ4n) is 13.8. The second-order valence-corrected chi connectivity index (χ2v) is 24.5. The first kappa shape index (κ1) is 65.3. The van der Waals surface area contributed by atoms with Crippen molar-refractivity contribution in [2.45, 2.75) is 283 Å². The Balaban J connectivity index is 0.989. The van der Waals surface area contributed by atoms with Gasteiger partial charge in [-0.3, -0.25) is 24.0 Å². The van der Waals surface area contributed by atoms with Gasteiger partial charge in [0.1, 0.15) is 19.3 Å². The molecule has 0 amide bonds. The number of esters is 3. The smallest absolute Gasteiger partial charge is 0.306 e. The van der Waals surface area contributed by atoms with E-state index in [-0.39, 0.29) is 67.8 Å². The summed E-state index contributed by atoms with van der Waals surface area (Å²) in [5.74, 6) is -2.88. The molecule has 5 rings (SSSR count). The van der Waals surface area contributed by atoms with Crippen LogP contribution in [0.5, 0.6) is 0 Å². The van der Waals surface area contributed by atoms with E-state index in [4.69, 9.17) is 23.7 Å². The summed E-state index contributed by atoms with van der Waals surface area (Å²) in [5.41, 5.74) is -3.03. The van der Waals surface area contributed by atoms with Crippen LogP contribution in [0.4, 0.5) is 4.39 Å². The molecule has 0 spiro atoms. The molecule has 1 saturated heterocycles. The quantitative estimate of drug-likeness (QED) is 0.0204. The average molecular weight is 1090 g/mol. The van der Waals surface area contributed by atoms with E-state index >= 15 is 4.39 Å². The number of hydrogen-bond acceptors (Lipinski definition) is 11.